The van der Waals surface area contributed by atoms with Crippen LogP contribution in [-0.4, -0.2) is 25.2 Å². The van der Waals surface area contributed by atoms with Crippen LogP contribution in [0, 0.1) is 5.92 Å². The highest BCUT2D eigenvalue weighted by Gasteiger charge is 2.27. The molecular formula is C9H17NO2. The van der Waals surface area contributed by atoms with Crippen molar-refractivity contribution in [2.75, 3.05) is 13.2 Å². The highest BCUT2D eigenvalue weighted by Crippen LogP contribution is 2.19. The molecule has 1 rings (SSSR count). The molecule has 1 N–H and O–H groups in total. The lowest BCUT2D eigenvalue weighted by molar-refractivity contribution is -0.128. The molecule has 1 heterocycles. The van der Waals surface area contributed by atoms with Crippen LogP contribution >= 0.6 is 0 Å². The molecule has 0 radical (unpaired) electrons. The fraction of sp³-hybridized carbons (Fsp3) is 0.889. The van der Waals surface area contributed by atoms with E-state index in [4.69, 9.17) is 4.74 Å². The second-order valence-corrected chi connectivity index (χ2v) is 3.23. The predicted molar refractivity (Wildman–Crippen MR) is 46.8 cm³/mol. The van der Waals surface area contributed by atoms with E-state index in [9.17, 15) is 4.79 Å². The molecule has 0 saturated carbocycles. The van der Waals surface area contributed by atoms with Gasteiger partial charge in [-0.1, -0.05) is 6.92 Å². The van der Waals surface area contributed by atoms with E-state index >= 15 is 0 Å². The molecule has 0 aromatic carbocycles. The molecule has 0 spiro atoms. The van der Waals surface area contributed by atoms with Gasteiger partial charge in [-0.05, 0) is 19.8 Å². The van der Waals surface area contributed by atoms with Gasteiger partial charge in [0.1, 0.15) is 0 Å². The average molecular weight is 171 g/mol. The summed E-state index contributed by atoms with van der Waals surface area (Å²) in [6.07, 6.45) is 2.27. The van der Waals surface area contributed by atoms with E-state index in [1.54, 1.807) is 0 Å². The maximum absolute atomic E-state index is 11.3. The number of carbonyl (C=O) groups is 1. The molecular weight excluding hydrogens is 154 g/mol. The summed E-state index contributed by atoms with van der Waals surface area (Å²) in [7, 11) is 0. The van der Waals surface area contributed by atoms with Crippen molar-refractivity contribution < 1.29 is 9.53 Å². The fourth-order valence-corrected chi connectivity index (χ4v) is 1.50. The molecule has 1 amide bonds. The second-order valence-electron chi connectivity index (χ2n) is 3.23. The molecule has 2 unspecified atom stereocenters. The number of rotatable bonds is 3. The van der Waals surface area contributed by atoms with Crippen molar-refractivity contribution in [2.45, 2.75) is 32.8 Å². The van der Waals surface area contributed by atoms with Gasteiger partial charge in [-0.15, -0.1) is 0 Å². The number of hydrogen-bond donors (Lipinski definition) is 1. The molecule has 2 atom stereocenters. The number of nitrogens with one attached hydrogen (secondary N) is 1. The monoisotopic (exact) mass is 171 g/mol. The van der Waals surface area contributed by atoms with Gasteiger partial charge in [0, 0.05) is 13.2 Å². The Bertz CT molecular complexity index is 153. The Labute approximate surface area is 73.5 Å². The summed E-state index contributed by atoms with van der Waals surface area (Å²) in [6, 6.07) is 0. The molecule has 0 aliphatic carbocycles. The summed E-state index contributed by atoms with van der Waals surface area (Å²) >= 11 is 0. The van der Waals surface area contributed by atoms with Gasteiger partial charge in [-0.25, -0.2) is 0 Å². The van der Waals surface area contributed by atoms with E-state index in [1.807, 2.05) is 13.8 Å². The summed E-state index contributed by atoms with van der Waals surface area (Å²) in [4.78, 5) is 11.3. The first-order chi connectivity index (χ1) is 5.75. The third-order valence-corrected chi connectivity index (χ3v) is 2.29. The van der Waals surface area contributed by atoms with Crippen molar-refractivity contribution in [3.63, 3.8) is 0 Å². The van der Waals surface area contributed by atoms with E-state index in [0.717, 1.165) is 19.4 Å². The van der Waals surface area contributed by atoms with E-state index < -0.39 is 0 Å². The number of hydrogen-bond acceptors (Lipinski definition) is 2. The van der Waals surface area contributed by atoms with Crippen molar-refractivity contribution in [2.24, 2.45) is 5.92 Å². The van der Waals surface area contributed by atoms with Gasteiger partial charge in [0.05, 0.1) is 12.0 Å². The topological polar surface area (TPSA) is 38.3 Å². The zero-order valence-electron chi connectivity index (χ0n) is 7.80. The minimum Gasteiger partial charge on any atom is -0.377 e. The van der Waals surface area contributed by atoms with Crippen LogP contribution in [0.25, 0.3) is 0 Å². The number of amides is 1. The van der Waals surface area contributed by atoms with Crippen molar-refractivity contribution >= 4 is 5.91 Å². The standard InChI is InChI=1S/C9H17NO2/c1-3-10-9(11)7(2)8-5-4-6-12-8/h7-8H,3-6H2,1-2H3,(H,10,11). The van der Waals surface area contributed by atoms with Gasteiger partial charge in [0.2, 0.25) is 5.91 Å². The van der Waals surface area contributed by atoms with Crippen LogP contribution in [0.3, 0.4) is 0 Å². The summed E-state index contributed by atoms with van der Waals surface area (Å²) in [5.41, 5.74) is 0. The van der Waals surface area contributed by atoms with Crippen molar-refractivity contribution in [1.82, 2.24) is 5.32 Å². The smallest absolute Gasteiger partial charge is 0.225 e. The van der Waals surface area contributed by atoms with Crippen LogP contribution in [0.5, 0.6) is 0 Å². The Morgan fingerprint density at radius 2 is 2.50 bits per heavy atom. The van der Waals surface area contributed by atoms with Gasteiger partial charge in [-0.3, -0.25) is 4.79 Å². The van der Waals surface area contributed by atoms with E-state index in [2.05, 4.69) is 5.32 Å². The molecule has 1 saturated heterocycles. The van der Waals surface area contributed by atoms with Gasteiger partial charge < -0.3 is 10.1 Å². The highest BCUT2D eigenvalue weighted by atomic mass is 16.5. The van der Waals surface area contributed by atoms with Gasteiger partial charge in [-0.2, -0.15) is 0 Å². The zero-order chi connectivity index (χ0) is 8.97. The second kappa shape index (κ2) is 4.45. The summed E-state index contributed by atoms with van der Waals surface area (Å²) < 4.78 is 5.42. The third-order valence-electron chi connectivity index (χ3n) is 2.29. The predicted octanol–water partition coefficient (Wildman–Crippen LogP) is 0.938. The third kappa shape index (κ3) is 2.21. The summed E-state index contributed by atoms with van der Waals surface area (Å²) in [5.74, 6) is 0.122. The highest BCUT2D eigenvalue weighted by molar-refractivity contribution is 5.78. The largest absolute Gasteiger partial charge is 0.377 e. The summed E-state index contributed by atoms with van der Waals surface area (Å²) in [5, 5.41) is 2.80. The molecule has 1 fully saturated rings. The molecule has 0 aromatic rings. The Hall–Kier alpha value is -0.570. The van der Waals surface area contributed by atoms with E-state index in [1.165, 1.54) is 0 Å². The Morgan fingerprint density at radius 3 is 3.00 bits per heavy atom. The molecule has 3 nitrogen and oxygen atoms in total. The van der Waals surface area contributed by atoms with Crippen molar-refractivity contribution in [3.05, 3.63) is 0 Å². The molecule has 0 aromatic heterocycles. The van der Waals surface area contributed by atoms with Crippen LogP contribution in [0.2, 0.25) is 0 Å². The van der Waals surface area contributed by atoms with Crippen LogP contribution in [-0.2, 0) is 9.53 Å². The van der Waals surface area contributed by atoms with Crippen LogP contribution < -0.4 is 5.32 Å². The maximum Gasteiger partial charge on any atom is 0.225 e. The van der Waals surface area contributed by atoms with Crippen molar-refractivity contribution in [1.29, 1.82) is 0 Å². The minimum absolute atomic E-state index is 0.00690. The first-order valence-corrected chi connectivity index (χ1v) is 4.65. The van der Waals surface area contributed by atoms with Crippen LogP contribution in [0.4, 0.5) is 0 Å². The lowest BCUT2D eigenvalue weighted by Crippen LogP contribution is -2.35. The van der Waals surface area contributed by atoms with Crippen LogP contribution in [0.1, 0.15) is 26.7 Å². The number of carbonyl (C=O) groups excluding carboxylic acids is 1. The van der Waals surface area contributed by atoms with Crippen LogP contribution in [0.15, 0.2) is 0 Å². The minimum atomic E-state index is 0.00690. The van der Waals surface area contributed by atoms with E-state index in [-0.39, 0.29) is 17.9 Å². The molecule has 12 heavy (non-hydrogen) atoms. The Kier molecular flexibility index (Phi) is 3.53. The van der Waals surface area contributed by atoms with Crippen molar-refractivity contribution in [3.8, 4) is 0 Å². The lowest BCUT2D eigenvalue weighted by Gasteiger charge is -2.17. The molecule has 1 aliphatic rings. The fourth-order valence-electron chi connectivity index (χ4n) is 1.50. The molecule has 0 bridgehead atoms. The van der Waals surface area contributed by atoms with Gasteiger partial charge in [0.25, 0.3) is 0 Å². The Balaban J connectivity index is 2.34. The molecule has 3 heteroatoms. The summed E-state index contributed by atoms with van der Waals surface area (Å²) in [6.45, 7) is 5.38. The van der Waals surface area contributed by atoms with Gasteiger partial charge in [0.15, 0.2) is 0 Å². The lowest BCUT2D eigenvalue weighted by atomic mass is 10.0. The first-order valence-electron chi connectivity index (χ1n) is 4.65. The molecule has 1 aliphatic heterocycles. The van der Waals surface area contributed by atoms with E-state index in [0.29, 0.717) is 6.54 Å². The zero-order valence-corrected chi connectivity index (χ0v) is 7.80. The normalized spacial score (nSPS) is 25.3. The molecule has 70 valence electrons. The Morgan fingerprint density at radius 1 is 1.75 bits per heavy atom. The maximum atomic E-state index is 11.3. The first kappa shape index (κ1) is 9.52. The number of ether oxygens (including phenoxy) is 1. The quantitative estimate of drug-likeness (QED) is 0.686. The van der Waals surface area contributed by atoms with Gasteiger partial charge >= 0.3 is 0 Å². The SMILES string of the molecule is CCNC(=O)C(C)C1CCCO1. The average Bonchev–Trinajstić information content (AvgIpc) is 2.55.